The van der Waals surface area contributed by atoms with E-state index in [4.69, 9.17) is 4.42 Å². The van der Waals surface area contributed by atoms with Crippen LogP contribution >= 0.6 is 0 Å². The maximum Gasteiger partial charge on any atom is 0.248 e. The number of aromatic nitrogens is 3. The number of hydrogen-bond acceptors (Lipinski definition) is 3. The van der Waals surface area contributed by atoms with Crippen LogP contribution < -0.4 is 0 Å². The van der Waals surface area contributed by atoms with E-state index in [1.54, 1.807) is 0 Å². The Balaban J connectivity index is 0.997. The fourth-order valence-corrected chi connectivity index (χ4v) is 8.38. The molecule has 0 aliphatic rings. The minimum atomic E-state index is 0.396. The zero-order valence-electron chi connectivity index (χ0n) is 33.7. The average Bonchev–Trinajstić information content (AvgIpc) is 3.86. The molecule has 7 aromatic rings. The molecule has 0 aliphatic carbocycles. The summed E-state index contributed by atoms with van der Waals surface area (Å²) in [5.41, 5.74) is 11.1. The van der Waals surface area contributed by atoms with Gasteiger partial charge in [-0.1, -0.05) is 133 Å². The van der Waals surface area contributed by atoms with Crippen LogP contribution in [0.5, 0.6) is 0 Å². The summed E-state index contributed by atoms with van der Waals surface area (Å²) in [5.74, 6) is 2.18. The predicted molar refractivity (Wildman–Crippen MR) is 233 cm³/mol. The van der Waals surface area contributed by atoms with Gasteiger partial charge in [0.15, 0.2) is 0 Å². The number of fused-ring (bicyclic) bond motifs is 3. The summed E-state index contributed by atoms with van der Waals surface area (Å²) in [7, 11) is 0. The third kappa shape index (κ3) is 8.80. The highest BCUT2D eigenvalue weighted by Gasteiger charge is 2.19. The van der Waals surface area contributed by atoms with Gasteiger partial charge >= 0.3 is 0 Å². The number of rotatable bonds is 18. The fraction of sp³-hybridized carbons (Fsp3) is 0.373. The second-order valence-electron chi connectivity index (χ2n) is 15.8. The first-order valence-corrected chi connectivity index (χ1v) is 21.1. The van der Waals surface area contributed by atoms with Gasteiger partial charge < -0.3 is 8.98 Å². The molecule has 2 aromatic heterocycles. The van der Waals surface area contributed by atoms with Gasteiger partial charge in [-0.25, -0.2) is 0 Å². The highest BCUT2D eigenvalue weighted by atomic mass is 16.4. The third-order valence-corrected chi connectivity index (χ3v) is 12.1. The Labute approximate surface area is 329 Å². The lowest BCUT2D eigenvalue weighted by Crippen LogP contribution is -2.07. The van der Waals surface area contributed by atoms with E-state index in [-0.39, 0.29) is 0 Å². The Morgan fingerprint density at radius 3 is 1.98 bits per heavy atom. The van der Waals surface area contributed by atoms with Crippen LogP contribution in [0.3, 0.4) is 0 Å². The molecule has 284 valence electrons. The normalized spacial score (nSPS) is 13.4. The molecule has 0 spiro atoms. The highest BCUT2D eigenvalue weighted by molar-refractivity contribution is 6.08. The van der Waals surface area contributed by atoms with Gasteiger partial charge in [0.2, 0.25) is 11.8 Å². The molecule has 4 heteroatoms. The number of benzene rings is 5. The number of unbranched alkanes of at least 4 members (excludes halogenated alkanes) is 5. The summed E-state index contributed by atoms with van der Waals surface area (Å²) in [6.07, 6.45) is 13.6. The van der Waals surface area contributed by atoms with Gasteiger partial charge in [0.05, 0.1) is 0 Å². The van der Waals surface area contributed by atoms with Crippen LogP contribution in [0.4, 0.5) is 0 Å². The number of aryl methyl sites for hydroxylation is 1. The first-order valence-electron chi connectivity index (χ1n) is 21.1. The SMILES string of the molecule is CCCCCCCCc1ccc(-c2nnc(-c3cccc(-c4ccc(C(CC)CCC(C)n5c6ccccc6c6cc(C(C)CC)ccc65)cc4)c3)o2)cc1. The molecule has 7 rings (SSSR count). The lowest BCUT2D eigenvalue weighted by atomic mass is 9.89. The standard InChI is InChI=1S/C51H59N3O/c1-6-9-10-11-12-13-17-38-23-26-42(27-24-38)50-52-53-51(55-50)45-19-16-18-44(34-45)41-30-28-40(29-31-41)39(8-3)25-22-37(5)54-48-21-15-14-20-46(48)47-35-43(36(4)7-2)32-33-49(47)54/h14-16,18-21,23-24,26-37,39H,6-13,17,22,25H2,1-5H3. The zero-order valence-corrected chi connectivity index (χ0v) is 33.7. The largest absolute Gasteiger partial charge is 0.416 e. The molecular formula is C51H59N3O. The maximum atomic E-state index is 6.20. The van der Waals surface area contributed by atoms with Crippen molar-refractivity contribution in [3.63, 3.8) is 0 Å². The van der Waals surface area contributed by atoms with Crippen LogP contribution in [0.2, 0.25) is 0 Å². The molecule has 0 fully saturated rings. The molecule has 0 amide bonds. The van der Waals surface area contributed by atoms with Crippen molar-refractivity contribution in [1.29, 1.82) is 0 Å². The van der Waals surface area contributed by atoms with E-state index in [1.165, 1.54) is 82.6 Å². The number of para-hydroxylation sites is 1. The number of hydrogen-bond donors (Lipinski definition) is 0. The highest BCUT2D eigenvalue weighted by Crippen LogP contribution is 2.37. The Hall–Kier alpha value is -4.96. The Kier molecular flexibility index (Phi) is 12.6. The first-order chi connectivity index (χ1) is 27.0. The quantitative estimate of drug-likeness (QED) is 0.0826. The summed E-state index contributed by atoms with van der Waals surface area (Å²) in [6, 6.07) is 42.8. The van der Waals surface area contributed by atoms with E-state index in [9.17, 15) is 0 Å². The molecule has 0 saturated carbocycles. The fourth-order valence-electron chi connectivity index (χ4n) is 8.38. The van der Waals surface area contributed by atoms with Gasteiger partial charge in [0.1, 0.15) is 0 Å². The van der Waals surface area contributed by atoms with Gasteiger partial charge in [-0.15, -0.1) is 10.2 Å². The summed E-state index contributed by atoms with van der Waals surface area (Å²) in [4.78, 5) is 0. The van der Waals surface area contributed by atoms with E-state index in [2.05, 4.69) is 165 Å². The molecule has 3 atom stereocenters. The molecule has 0 bridgehead atoms. The van der Waals surface area contributed by atoms with Crippen molar-refractivity contribution in [3.05, 3.63) is 132 Å². The summed E-state index contributed by atoms with van der Waals surface area (Å²) >= 11 is 0. The van der Waals surface area contributed by atoms with E-state index in [1.807, 2.05) is 0 Å². The van der Waals surface area contributed by atoms with Gasteiger partial charge in [-0.05, 0) is 128 Å². The minimum Gasteiger partial charge on any atom is -0.416 e. The summed E-state index contributed by atoms with van der Waals surface area (Å²) in [6.45, 7) is 11.6. The van der Waals surface area contributed by atoms with Gasteiger partial charge in [0, 0.05) is 39.0 Å². The van der Waals surface area contributed by atoms with Crippen molar-refractivity contribution in [2.24, 2.45) is 0 Å². The predicted octanol–water partition coefficient (Wildman–Crippen LogP) is 15.1. The molecular weight excluding hydrogens is 671 g/mol. The Morgan fingerprint density at radius 2 is 1.22 bits per heavy atom. The molecule has 55 heavy (non-hydrogen) atoms. The van der Waals surface area contributed by atoms with Gasteiger partial charge in [-0.2, -0.15) is 0 Å². The average molecular weight is 730 g/mol. The monoisotopic (exact) mass is 729 g/mol. The maximum absolute atomic E-state index is 6.20. The first kappa shape index (κ1) is 38.3. The van der Waals surface area contributed by atoms with Crippen molar-refractivity contribution in [2.45, 2.75) is 123 Å². The van der Waals surface area contributed by atoms with Crippen molar-refractivity contribution in [2.75, 3.05) is 0 Å². The molecule has 2 heterocycles. The topological polar surface area (TPSA) is 43.9 Å². The van der Waals surface area contributed by atoms with E-state index >= 15 is 0 Å². The van der Waals surface area contributed by atoms with Crippen LogP contribution in [-0.4, -0.2) is 14.8 Å². The smallest absolute Gasteiger partial charge is 0.248 e. The molecule has 0 aliphatic heterocycles. The second kappa shape index (κ2) is 18.1. The lowest BCUT2D eigenvalue weighted by Gasteiger charge is -2.21. The van der Waals surface area contributed by atoms with Crippen LogP contribution in [0.25, 0.3) is 55.8 Å². The van der Waals surface area contributed by atoms with E-state index < -0.39 is 0 Å². The third-order valence-electron chi connectivity index (χ3n) is 12.1. The van der Waals surface area contributed by atoms with Crippen molar-refractivity contribution in [1.82, 2.24) is 14.8 Å². The van der Waals surface area contributed by atoms with E-state index in [0.29, 0.717) is 29.7 Å². The summed E-state index contributed by atoms with van der Waals surface area (Å²) in [5, 5.41) is 11.6. The zero-order chi connectivity index (χ0) is 38.1. The van der Waals surface area contributed by atoms with Crippen molar-refractivity contribution in [3.8, 4) is 34.0 Å². The van der Waals surface area contributed by atoms with Crippen LogP contribution in [0.1, 0.15) is 133 Å². The van der Waals surface area contributed by atoms with Crippen LogP contribution in [-0.2, 0) is 6.42 Å². The lowest BCUT2D eigenvalue weighted by molar-refractivity contribution is 0.468. The second-order valence-corrected chi connectivity index (χ2v) is 15.8. The molecule has 3 unspecified atom stereocenters. The molecule has 0 N–H and O–H groups in total. The molecule has 5 aromatic carbocycles. The Bertz CT molecular complexity index is 2280. The van der Waals surface area contributed by atoms with Crippen molar-refractivity contribution < 1.29 is 4.42 Å². The Morgan fingerprint density at radius 1 is 0.545 bits per heavy atom. The van der Waals surface area contributed by atoms with E-state index in [0.717, 1.165) is 48.8 Å². The molecule has 0 radical (unpaired) electrons. The summed E-state index contributed by atoms with van der Waals surface area (Å²) < 4.78 is 8.79. The van der Waals surface area contributed by atoms with Crippen molar-refractivity contribution >= 4 is 21.8 Å². The van der Waals surface area contributed by atoms with Gasteiger partial charge in [-0.3, -0.25) is 0 Å². The minimum absolute atomic E-state index is 0.396. The van der Waals surface area contributed by atoms with Crippen LogP contribution in [0.15, 0.2) is 120 Å². The van der Waals surface area contributed by atoms with Crippen LogP contribution in [0, 0.1) is 0 Å². The molecule has 4 nitrogen and oxygen atoms in total. The number of nitrogens with zero attached hydrogens (tertiary/aromatic N) is 3. The van der Waals surface area contributed by atoms with Gasteiger partial charge in [0.25, 0.3) is 0 Å². The molecule has 0 saturated heterocycles.